The molecular formula is C12H14N4O2S. The van der Waals surface area contributed by atoms with Crippen molar-refractivity contribution < 1.29 is 9.53 Å². The number of nitrogens with zero attached hydrogens (tertiary/aromatic N) is 3. The molecular weight excluding hydrogens is 264 g/mol. The van der Waals surface area contributed by atoms with Crippen LogP contribution in [0.5, 0.6) is 0 Å². The van der Waals surface area contributed by atoms with Crippen LogP contribution in [-0.4, -0.2) is 34.1 Å². The van der Waals surface area contributed by atoms with Crippen molar-refractivity contribution in [3.63, 3.8) is 0 Å². The lowest BCUT2D eigenvalue weighted by Gasteiger charge is -2.07. The van der Waals surface area contributed by atoms with Gasteiger partial charge in [0.25, 0.3) is 0 Å². The zero-order chi connectivity index (χ0) is 13.1. The highest BCUT2D eigenvalue weighted by Crippen LogP contribution is 2.13. The number of hydrogen-bond acceptors (Lipinski definition) is 5. The number of hydrogen-bond donors (Lipinski definition) is 1. The quantitative estimate of drug-likeness (QED) is 0.905. The fraction of sp³-hybridized carbons (Fsp3) is 0.417. The van der Waals surface area contributed by atoms with Gasteiger partial charge in [-0.15, -0.1) is 5.10 Å². The Morgan fingerprint density at radius 1 is 1.63 bits per heavy atom. The second-order valence-corrected chi connectivity index (χ2v) is 5.19. The van der Waals surface area contributed by atoms with Crippen LogP contribution in [-0.2, 0) is 16.1 Å². The molecule has 1 N–H and O–H groups in total. The Morgan fingerprint density at radius 3 is 3.32 bits per heavy atom. The van der Waals surface area contributed by atoms with Gasteiger partial charge < -0.3 is 10.1 Å². The molecule has 0 radical (unpaired) electrons. The predicted octanol–water partition coefficient (Wildman–Crippen LogP) is 0.981. The number of carbonyl (C=O) groups excluding carboxylic acids is 1. The Hall–Kier alpha value is -1.73. The zero-order valence-corrected chi connectivity index (χ0v) is 11.1. The average molecular weight is 278 g/mol. The van der Waals surface area contributed by atoms with Crippen molar-refractivity contribution in [2.45, 2.75) is 13.0 Å². The van der Waals surface area contributed by atoms with Gasteiger partial charge in [0.15, 0.2) is 0 Å². The van der Waals surface area contributed by atoms with Crippen molar-refractivity contribution in [2.75, 3.05) is 13.2 Å². The monoisotopic (exact) mass is 278 g/mol. The summed E-state index contributed by atoms with van der Waals surface area (Å²) in [5.41, 5.74) is 1.73. The van der Waals surface area contributed by atoms with Crippen LogP contribution in [0.15, 0.2) is 23.0 Å². The van der Waals surface area contributed by atoms with Crippen LogP contribution < -0.4 is 5.32 Å². The van der Waals surface area contributed by atoms with Gasteiger partial charge in [0.2, 0.25) is 5.91 Å². The molecule has 0 aliphatic carbocycles. The largest absolute Gasteiger partial charge is 0.381 e. The van der Waals surface area contributed by atoms with Crippen molar-refractivity contribution in [1.82, 2.24) is 20.3 Å². The topological polar surface area (TPSA) is 69.0 Å². The maximum absolute atomic E-state index is 11.8. The van der Waals surface area contributed by atoms with Gasteiger partial charge in [0.05, 0.1) is 31.0 Å². The Labute approximate surface area is 114 Å². The maximum atomic E-state index is 11.8. The lowest BCUT2D eigenvalue weighted by molar-refractivity contribution is -0.125. The van der Waals surface area contributed by atoms with Crippen LogP contribution in [0.3, 0.4) is 0 Å². The molecule has 1 aliphatic rings. The first-order valence-electron chi connectivity index (χ1n) is 6.12. The van der Waals surface area contributed by atoms with Crippen LogP contribution in [0.25, 0.3) is 5.69 Å². The first-order valence-corrected chi connectivity index (χ1v) is 7.06. The second-order valence-electron chi connectivity index (χ2n) is 4.41. The molecule has 1 amide bonds. The molecule has 1 unspecified atom stereocenters. The lowest BCUT2D eigenvalue weighted by Crippen LogP contribution is -2.30. The highest BCUT2D eigenvalue weighted by Gasteiger charge is 2.23. The summed E-state index contributed by atoms with van der Waals surface area (Å²) in [6.07, 6.45) is 2.63. The molecule has 7 heteroatoms. The van der Waals surface area contributed by atoms with Crippen LogP contribution in [0, 0.1) is 5.92 Å². The number of thiophene rings is 1. The molecule has 3 rings (SSSR count). The van der Waals surface area contributed by atoms with Crippen LogP contribution >= 0.6 is 11.3 Å². The van der Waals surface area contributed by atoms with Crippen LogP contribution in [0.1, 0.15) is 12.1 Å². The van der Waals surface area contributed by atoms with Gasteiger partial charge in [-0.05, 0) is 17.9 Å². The van der Waals surface area contributed by atoms with Crippen molar-refractivity contribution in [3.8, 4) is 5.69 Å². The molecule has 0 saturated carbocycles. The van der Waals surface area contributed by atoms with E-state index >= 15 is 0 Å². The van der Waals surface area contributed by atoms with Gasteiger partial charge in [-0.2, -0.15) is 11.3 Å². The van der Waals surface area contributed by atoms with Gasteiger partial charge in [-0.1, -0.05) is 5.21 Å². The molecule has 1 fully saturated rings. The normalized spacial score (nSPS) is 18.6. The van der Waals surface area contributed by atoms with Crippen molar-refractivity contribution in [2.24, 2.45) is 5.92 Å². The van der Waals surface area contributed by atoms with Crippen LogP contribution in [0.2, 0.25) is 0 Å². The molecule has 19 heavy (non-hydrogen) atoms. The minimum Gasteiger partial charge on any atom is -0.381 e. The highest BCUT2D eigenvalue weighted by molar-refractivity contribution is 7.08. The molecule has 6 nitrogen and oxygen atoms in total. The van der Waals surface area contributed by atoms with E-state index in [1.54, 1.807) is 16.0 Å². The third-order valence-electron chi connectivity index (χ3n) is 3.06. The van der Waals surface area contributed by atoms with E-state index in [0.29, 0.717) is 19.8 Å². The van der Waals surface area contributed by atoms with Gasteiger partial charge >= 0.3 is 0 Å². The number of carbonyl (C=O) groups is 1. The van der Waals surface area contributed by atoms with Crippen LogP contribution in [0.4, 0.5) is 0 Å². The first kappa shape index (κ1) is 12.3. The summed E-state index contributed by atoms with van der Waals surface area (Å²) in [5.74, 6) is 0.00880. The van der Waals surface area contributed by atoms with Gasteiger partial charge in [-0.3, -0.25) is 4.79 Å². The van der Waals surface area contributed by atoms with E-state index in [2.05, 4.69) is 15.6 Å². The SMILES string of the molecule is O=C(NCc1cn(-c2ccsc2)nn1)C1CCOC1. The van der Waals surface area contributed by atoms with E-state index < -0.39 is 0 Å². The Morgan fingerprint density at radius 2 is 2.58 bits per heavy atom. The van der Waals surface area contributed by atoms with E-state index in [9.17, 15) is 4.79 Å². The molecule has 1 saturated heterocycles. The molecule has 0 spiro atoms. The third-order valence-corrected chi connectivity index (χ3v) is 3.73. The molecule has 3 heterocycles. The molecule has 1 atom stereocenters. The first-order chi connectivity index (χ1) is 9.33. The molecule has 100 valence electrons. The summed E-state index contributed by atoms with van der Waals surface area (Å²) < 4.78 is 6.90. The minimum atomic E-state index is -0.0214. The number of nitrogens with one attached hydrogen (secondary N) is 1. The summed E-state index contributed by atoms with van der Waals surface area (Å²) in [7, 11) is 0. The molecule has 0 aromatic carbocycles. The Balaban J connectivity index is 1.57. The average Bonchev–Trinajstić information content (AvgIpc) is 3.14. The summed E-state index contributed by atoms with van der Waals surface area (Å²) in [6, 6.07) is 1.97. The summed E-state index contributed by atoms with van der Waals surface area (Å²) in [6.45, 7) is 1.60. The zero-order valence-electron chi connectivity index (χ0n) is 10.3. The summed E-state index contributed by atoms with van der Waals surface area (Å²) in [4.78, 5) is 11.8. The Kier molecular flexibility index (Phi) is 3.56. The number of aromatic nitrogens is 3. The molecule has 0 bridgehead atoms. The fourth-order valence-corrected chi connectivity index (χ4v) is 2.58. The van der Waals surface area contributed by atoms with E-state index in [4.69, 9.17) is 4.74 Å². The molecule has 1 aliphatic heterocycles. The minimum absolute atomic E-state index is 0.0214. The van der Waals surface area contributed by atoms with E-state index in [0.717, 1.165) is 17.8 Å². The van der Waals surface area contributed by atoms with Crippen molar-refractivity contribution >= 4 is 17.2 Å². The van der Waals surface area contributed by atoms with Crippen molar-refractivity contribution in [1.29, 1.82) is 0 Å². The smallest absolute Gasteiger partial charge is 0.225 e. The van der Waals surface area contributed by atoms with Crippen molar-refractivity contribution in [3.05, 3.63) is 28.7 Å². The Bertz CT molecular complexity index is 546. The van der Waals surface area contributed by atoms with Gasteiger partial charge in [0.1, 0.15) is 5.69 Å². The standard InChI is InChI=1S/C12H14N4O2S/c17-12(9-1-3-18-7-9)13-5-10-6-16(15-14-10)11-2-4-19-8-11/h2,4,6,8-9H,1,3,5,7H2,(H,13,17). The van der Waals surface area contributed by atoms with E-state index in [-0.39, 0.29) is 11.8 Å². The summed E-state index contributed by atoms with van der Waals surface area (Å²) >= 11 is 1.61. The number of rotatable bonds is 4. The second kappa shape index (κ2) is 5.50. The number of ether oxygens (including phenoxy) is 1. The van der Waals surface area contributed by atoms with Gasteiger partial charge in [0, 0.05) is 12.0 Å². The molecule has 2 aromatic rings. The predicted molar refractivity (Wildman–Crippen MR) is 70.0 cm³/mol. The van der Waals surface area contributed by atoms with E-state index in [1.165, 1.54) is 0 Å². The van der Waals surface area contributed by atoms with Gasteiger partial charge in [-0.25, -0.2) is 4.68 Å². The lowest BCUT2D eigenvalue weighted by atomic mass is 10.1. The summed E-state index contributed by atoms with van der Waals surface area (Å²) in [5, 5.41) is 14.9. The molecule has 2 aromatic heterocycles. The number of amides is 1. The fourth-order valence-electron chi connectivity index (χ4n) is 1.96. The maximum Gasteiger partial charge on any atom is 0.225 e. The van der Waals surface area contributed by atoms with E-state index in [1.807, 2.05) is 23.0 Å². The highest BCUT2D eigenvalue weighted by atomic mass is 32.1. The third kappa shape index (κ3) is 2.82.